The summed E-state index contributed by atoms with van der Waals surface area (Å²) in [6, 6.07) is 9.18. The van der Waals surface area contributed by atoms with E-state index < -0.39 is 0 Å². The number of nitrogen functional groups attached to an aromatic ring is 1. The molecule has 0 bridgehead atoms. The van der Waals surface area contributed by atoms with Crippen LogP contribution in [0.25, 0.3) is 0 Å². The van der Waals surface area contributed by atoms with Crippen LogP contribution in [0.5, 0.6) is 0 Å². The third-order valence-electron chi connectivity index (χ3n) is 3.19. The molecule has 0 aromatic heterocycles. The Morgan fingerprint density at radius 1 is 1.05 bits per heavy atom. The molecule has 0 radical (unpaired) electrons. The predicted molar refractivity (Wildman–Crippen MR) is 87.2 cm³/mol. The maximum absolute atomic E-state index is 12.3. The summed E-state index contributed by atoms with van der Waals surface area (Å²) in [6.45, 7) is 5.88. The van der Waals surface area contributed by atoms with Crippen molar-refractivity contribution in [3.8, 4) is 0 Å². The maximum Gasteiger partial charge on any atom is 0.255 e. The van der Waals surface area contributed by atoms with Gasteiger partial charge < -0.3 is 11.1 Å². The Kier molecular flexibility index (Phi) is 4.14. The molecule has 1 amide bonds. The van der Waals surface area contributed by atoms with Gasteiger partial charge in [-0.15, -0.1) is 0 Å². The standard InChI is InChI=1S/C16H17BrN2O/c1-9-6-12(18)4-5-14(9)16(20)19-13-7-10(2)15(17)11(3)8-13/h4-8H,18H2,1-3H3,(H,19,20). The highest BCUT2D eigenvalue weighted by molar-refractivity contribution is 9.10. The van der Waals surface area contributed by atoms with Gasteiger partial charge in [0.25, 0.3) is 5.91 Å². The van der Waals surface area contributed by atoms with Crippen LogP contribution in [0.4, 0.5) is 11.4 Å². The van der Waals surface area contributed by atoms with Gasteiger partial charge in [0.1, 0.15) is 0 Å². The third kappa shape index (κ3) is 3.02. The Bertz CT molecular complexity index is 657. The van der Waals surface area contributed by atoms with E-state index in [-0.39, 0.29) is 5.91 Å². The summed E-state index contributed by atoms with van der Waals surface area (Å²) in [4.78, 5) is 12.3. The van der Waals surface area contributed by atoms with Crippen LogP contribution in [0.2, 0.25) is 0 Å². The molecule has 2 aromatic carbocycles. The number of aryl methyl sites for hydroxylation is 3. The molecule has 0 spiro atoms. The van der Waals surface area contributed by atoms with Gasteiger partial charge in [-0.3, -0.25) is 4.79 Å². The number of hydrogen-bond donors (Lipinski definition) is 2. The van der Waals surface area contributed by atoms with E-state index in [2.05, 4.69) is 21.2 Å². The molecule has 0 unspecified atom stereocenters. The first kappa shape index (κ1) is 14.6. The van der Waals surface area contributed by atoms with Crippen LogP contribution >= 0.6 is 15.9 Å². The first-order valence-electron chi connectivity index (χ1n) is 6.32. The van der Waals surface area contributed by atoms with E-state index in [9.17, 15) is 4.79 Å². The zero-order chi connectivity index (χ0) is 14.9. The molecule has 0 fully saturated rings. The van der Waals surface area contributed by atoms with E-state index in [0.29, 0.717) is 11.3 Å². The molecule has 4 heteroatoms. The number of carbonyl (C=O) groups is 1. The molecular weight excluding hydrogens is 316 g/mol. The average molecular weight is 333 g/mol. The predicted octanol–water partition coefficient (Wildman–Crippen LogP) is 4.21. The van der Waals surface area contributed by atoms with Gasteiger partial charge in [-0.05, 0) is 67.8 Å². The normalized spacial score (nSPS) is 10.4. The van der Waals surface area contributed by atoms with Gasteiger partial charge in [0, 0.05) is 21.4 Å². The zero-order valence-electron chi connectivity index (χ0n) is 11.8. The first-order chi connectivity index (χ1) is 9.38. The van der Waals surface area contributed by atoms with Crippen molar-refractivity contribution in [1.82, 2.24) is 0 Å². The lowest BCUT2D eigenvalue weighted by Gasteiger charge is -2.11. The fourth-order valence-electron chi connectivity index (χ4n) is 2.16. The van der Waals surface area contributed by atoms with E-state index in [0.717, 1.165) is 26.9 Å². The van der Waals surface area contributed by atoms with Crippen LogP contribution in [0.1, 0.15) is 27.0 Å². The second-order valence-corrected chi connectivity index (χ2v) is 5.75. The van der Waals surface area contributed by atoms with Crippen molar-refractivity contribution < 1.29 is 4.79 Å². The number of rotatable bonds is 2. The van der Waals surface area contributed by atoms with E-state index >= 15 is 0 Å². The number of amides is 1. The molecule has 0 aliphatic carbocycles. The fourth-order valence-corrected chi connectivity index (χ4v) is 2.39. The highest BCUT2D eigenvalue weighted by Crippen LogP contribution is 2.25. The number of hydrogen-bond acceptors (Lipinski definition) is 2. The molecule has 0 saturated heterocycles. The van der Waals surface area contributed by atoms with Gasteiger partial charge in [-0.2, -0.15) is 0 Å². The molecule has 0 aliphatic heterocycles. The minimum atomic E-state index is -0.122. The van der Waals surface area contributed by atoms with Gasteiger partial charge in [0.2, 0.25) is 0 Å². The zero-order valence-corrected chi connectivity index (χ0v) is 13.3. The number of nitrogens with two attached hydrogens (primary N) is 1. The highest BCUT2D eigenvalue weighted by atomic mass is 79.9. The lowest BCUT2D eigenvalue weighted by Crippen LogP contribution is -2.13. The molecule has 2 aromatic rings. The summed E-state index contributed by atoms with van der Waals surface area (Å²) >= 11 is 3.52. The fraction of sp³-hybridized carbons (Fsp3) is 0.188. The van der Waals surface area contributed by atoms with Crippen LogP contribution in [-0.4, -0.2) is 5.91 Å². The summed E-state index contributed by atoms with van der Waals surface area (Å²) < 4.78 is 1.07. The number of anilines is 2. The molecule has 3 N–H and O–H groups in total. The highest BCUT2D eigenvalue weighted by Gasteiger charge is 2.10. The molecule has 0 saturated carbocycles. The van der Waals surface area contributed by atoms with Crippen LogP contribution in [0, 0.1) is 20.8 Å². The summed E-state index contributed by atoms with van der Waals surface area (Å²) in [5, 5.41) is 2.93. The third-order valence-corrected chi connectivity index (χ3v) is 4.44. The van der Waals surface area contributed by atoms with E-state index in [1.54, 1.807) is 18.2 Å². The molecule has 0 heterocycles. The first-order valence-corrected chi connectivity index (χ1v) is 7.12. The van der Waals surface area contributed by atoms with Crippen LogP contribution in [0.15, 0.2) is 34.8 Å². The molecular formula is C16H17BrN2O. The number of halogens is 1. The Morgan fingerprint density at radius 2 is 1.65 bits per heavy atom. The number of benzene rings is 2. The minimum absolute atomic E-state index is 0.122. The Labute approximate surface area is 127 Å². The average Bonchev–Trinajstić information content (AvgIpc) is 2.35. The van der Waals surface area contributed by atoms with E-state index in [1.807, 2.05) is 32.9 Å². The molecule has 0 atom stereocenters. The monoisotopic (exact) mass is 332 g/mol. The quantitative estimate of drug-likeness (QED) is 0.809. The lowest BCUT2D eigenvalue weighted by atomic mass is 10.1. The van der Waals surface area contributed by atoms with E-state index in [1.165, 1.54) is 0 Å². The van der Waals surface area contributed by atoms with Crippen LogP contribution < -0.4 is 11.1 Å². The lowest BCUT2D eigenvalue weighted by molar-refractivity contribution is 0.102. The van der Waals surface area contributed by atoms with Crippen molar-refractivity contribution >= 4 is 33.2 Å². The maximum atomic E-state index is 12.3. The largest absolute Gasteiger partial charge is 0.399 e. The summed E-state index contributed by atoms with van der Waals surface area (Å²) in [5.74, 6) is -0.122. The van der Waals surface area contributed by atoms with Crippen LogP contribution in [-0.2, 0) is 0 Å². The number of carbonyl (C=O) groups excluding carboxylic acids is 1. The van der Waals surface area contributed by atoms with Crippen LogP contribution in [0.3, 0.4) is 0 Å². The van der Waals surface area contributed by atoms with Crippen molar-refractivity contribution in [2.24, 2.45) is 0 Å². The second kappa shape index (κ2) is 5.67. The van der Waals surface area contributed by atoms with Gasteiger partial charge in [0.05, 0.1) is 0 Å². The Morgan fingerprint density at radius 3 is 2.20 bits per heavy atom. The molecule has 2 rings (SSSR count). The van der Waals surface area contributed by atoms with Crippen molar-refractivity contribution in [1.29, 1.82) is 0 Å². The minimum Gasteiger partial charge on any atom is -0.399 e. The van der Waals surface area contributed by atoms with Gasteiger partial charge in [0.15, 0.2) is 0 Å². The van der Waals surface area contributed by atoms with Crippen molar-refractivity contribution in [3.63, 3.8) is 0 Å². The van der Waals surface area contributed by atoms with Gasteiger partial charge in [-0.25, -0.2) is 0 Å². The Balaban J connectivity index is 2.28. The topological polar surface area (TPSA) is 55.1 Å². The molecule has 3 nitrogen and oxygen atoms in total. The summed E-state index contributed by atoms with van der Waals surface area (Å²) in [5.41, 5.74) is 10.8. The molecule has 20 heavy (non-hydrogen) atoms. The Hall–Kier alpha value is -1.81. The molecule has 0 aliphatic rings. The SMILES string of the molecule is Cc1cc(N)ccc1C(=O)Nc1cc(C)c(Br)c(C)c1. The van der Waals surface area contributed by atoms with Gasteiger partial charge in [-0.1, -0.05) is 15.9 Å². The van der Waals surface area contributed by atoms with E-state index in [4.69, 9.17) is 5.73 Å². The smallest absolute Gasteiger partial charge is 0.255 e. The second-order valence-electron chi connectivity index (χ2n) is 4.95. The summed E-state index contributed by atoms with van der Waals surface area (Å²) in [6.07, 6.45) is 0. The molecule has 104 valence electrons. The van der Waals surface area contributed by atoms with Crippen molar-refractivity contribution in [3.05, 3.63) is 57.1 Å². The number of nitrogens with one attached hydrogen (secondary N) is 1. The summed E-state index contributed by atoms with van der Waals surface area (Å²) in [7, 11) is 0. The van der Waals surface area contributed by atoms with Crippen molar-refractivity contribution in [2.45, 2.75) is 20.8 Å². The van der Waals surface area contributed by atoms with Gasteiger partial charge >= 0.3 is 0 Å². The van der Waals surface area contributed by atoms with Crippen molar-refractivity contribution in [2.75, 3.05) is 11.1 Å².